The lowest BCUT2D eigenvalue weighted by molar-refractivity contribution is 0.198. The molecule has 136 valence electrons. The number of hydrogen-bond acceptors (Lipinski definition) is 6. The minimum atomic E-state index is 0.394. The van der Waals surface area contributed by atoms with Crippen molar-refractivity contribution in [2.24, 2.45) is 0 Å². The summed E-state index contributed by atoms with van der Waals surface area (Å²) in [6, 6.07) is 6.12. The fourth-order valence-electron chi connectivity index (χ4n) is 3.73. The maximum atomic E-state index is 5.42. The van der Waals surface area contributed by atoms with E-state index in [4.69, 9.17) is 9.47 Å². The van der Waals surface area contributed by atoms with Crippen LogP contribution in [0.1, 0.15) is 30.0 Å². The van der Waals surface area contributed by atoms with Crippen LogP contribution in [0.4, 0.5) is 0 Å². The van der Waals surface area contributed by atoms with Gasteiger partial charge in [0.1, 0.15) is 5.52 Å². The van der Waals surface area contributed by atoms with Gasteiger partial charge in [0.2, 0.25) is 0 Å². The number of nitrogens with zero attached hydrogens (tertiary/aromatic N) is 4. The van der Waals surface area contributed by atoms with Crippen LogP contribution >= 0.6 is 0 Å². The average Bonchev–Trinajstić information content (AvgIpc) is 3.12. The van der Waals surface area contributed by atoms with Crippen molar-refractivity contribution in [2.75, 3.05) is 27.3 Å². The smallest absolute Gasteiger partial charge is 0.199 e. The summed E-state index contributed by atoms with van der Waals surface area (Å²) in [5.41, 5.74) is 3.91. The number of fused-ring (bicyclic) bond motifs is 1. The number of benzene rings is 1. The lowest BCUT2D eigenvalue weighted by atomic mass is 9.94. The van der Waals surface area contributed by atoms with Crippen LogP contribution in [0.2, 0.25) is 0 Å². The molecule has 1 N–H and O–H groups in total. The highest BCUT2D eigenvalue weighted by Gasteiger charge is 2.25. The van der Waals surface area contributed by atoms with Crippen molar-refractivity contribution >= 4 is 11.2 Å². The van der Waals surface area contributed by atoms with E-state index in [1.54, 1.807) is 26.6 Å². The van der Waals surface area contributed by atoms with Gasteiger partial charge in [-0.15, -0.1) is 0 Å². The molecule has 1 aliphatic heterocycles. The Hall–Kier alpha value is -2.67. The number of aromatic amines is 1. The van der Waals surface area contributed by atoms with Crippen molar-refractivity contribution in [1.29, 1.82) is 0 Å². The number of ether oxygens (including phenoxy) is 2. The standard InChI is InChI=1S/C19H23N5O2/c1-25-15-6-5-13(10-16(15)26-2)11-24-9-3-4-14(12-24)17-18-19(23-22-17)21-8-7-20-18/h5-8,10,14H,3-4,9,11-12H2,1-2H3,(H,21,22,23). The molecule has 1 atom stereocenters. The third kappa shape index (κ3) is 3.22. The van der Waals surface area contributed by atoms with E-state index >= 15 is 0 Å². The van der Waals surface area contributed by atoms with Gasteiger partial charge in [0.05, 0.1) is 19.9 Å². The lowest BCUT2D eigenvalue weighted by Crippen LogP contribution is -2.34. The summed E-state index contributed by atoms with van der Waals surface area (Å²) >= 11 is 0. The third-order valence-corrected chi connectivity index (χ3v) is 4.98. The first kappa shape index (κ1) is 16.8. The van der Waals surface area contributed by atoms with E-state index in [2.05, 4.69) is 37.2 Å². The molecule has 0 bridgehead atoms. The van der Waals surface area contributed by atoms with Crippen molar-refractivity contribution in [2.45, 2.75) is 25.3 Å². The molecule has 1 saturated heterocycles. The number of H-pyrrole nitrogens is 1. The van der Waals surface area contributed by atoms with E-state index in [9.17, 15) is 0 Å². The van der Waals surface area contributed by atoms with E-state index in [-0.39, 0.29) is 0 Å². The molecule has 26 heavy (non-hydrogen) atoms. The number of hydrogen-bond donors (Lipinski definition) is 1. The third-order valence-electron chi connectivity index (χ3n) is 4.98. The monoisotopic (exact) mass is 353 g/mol. The molecule has 1 fully saturated rings. The quantitative estimate of drug-likeness (QED) is 0.760. The highest BCUT2D eigenvalue weighted by atomic mass is 16.5. The average molecular weight is 353 g/mol. The summed E-state index contributed by atoms with van der Waals surface area (Å²) in [5, 5.41) is 7.46. The highest BCUT2D eigenvalue weighted by molar-refractivity contribution is 5.72. The molecule has 0 amide bonds. The summed E-state index contributed by atoms with van der Waals surface area (Å²) < 4.78 is 10.7. The zero-order valence-electron chi connectivity index (χ0n) is 15.1. The molecule has 7 heteroatoms. The summed E-state index contributed by atoms with van der Waals surface area (Å²) in [5.74, 6) is 1.93. The Kier molecular flexibility index (Phi) is 4.71. The van der Waals surface area contributed by atoms with E-state index in [1.807, 2.05) is 6.07 Å². The lowest BCUT2D eigenvalue weighted by Gasteiger charge is -2.32. The van der Waals surface area contributed by atoms with Crippen LogP contribution in [0.25, 0.3) is 11.2 Å². The molecule has 2 aromatic heterocycles. The Bertz CT molecular complexity index is 895. The zero-order chi connectivity index (χ0) is 17.9. The number of rotatable bonds is 5. The van der Waals surface area contributed by atoms with E-state index in [0.29, 0.717) is 11.6 Å². The molecule has 0 spiro atoms. The number of likely N-dealkylation sites (tertiary alicyclic amines) is 1. The molecule has 3 heterocycles. The van der Waals surface area contributed by atoms with Crippen molar-refractivity contribution in [3.05, 3.63) is 41.9 Å². The van der Waals surface area contributed by atoms with Crippen LogP contribution in [-0.4, -0.2) is 52.4 Å². The van der Waals surface area contributed by atoms with Gasteiger partial charge in [0.25, 0.3) is 0 Å². The maximum absolute atomic E-state index is 5.42. The molecule has 3 aromatic rings. The first-order valence-corrected chi connectivity index (χ1v) is 8.86. The van der Waals surface area contributed by atoms with Crippen LogP contribution in [0.5, 0.6) is 11.5 Å². The number of piperidine rings is 1. The Morgan fingerprint density at radius 1 is 1.15 bits per heavy atom. The Balaban J connectivity index is 1.50. The van der Waals surface area contributed by atoms with Gasteiger partial charge in [-0.25, -0.2) is 9.97 Å². The molecule has 0 radical (unpaired) electrons. The fourth-order valence-corrected chi connectivity index (χ4v) is 3.73. The molecular formula is C19H23N5O2. The summed E-state index contributed by atoms with van der Waals surface area (Å²) in [4.78, 5) is 11.2. The van der Waals surface area contributed by atoms with E-state index in [0.717, 1.165) is 55.2 Å². The largest absolute Gasteiger partial charge is 0.493 e. The van der Waals surface area contributed by atoms with Gasteiger partial charge in [-0.3, -0.25) is 10.00 Å². The highest BCUT2D eigenvalue weighted by Crippen LogP contribution is 2.31. The second-order valence-corrected chi connectivity index (χ2v) is 6.63. The van der Waals surface area contributed by atoms with Crippen molar-refractivity contribution in [3.8, 4) is 11.5 Å². The minimum Gasteiger partial charge on any atom is -0.493 e. The predicted octanol–water partition coefficient (Wildman–Crippen LogP) is 2.75. The van der Waals surface area contributed by atoms with Gasteiger partial charge in [0.15, 0.2) is 17.1 Å². The SMILES string of the molecule is COc1ccc(CN2CCCC(c3[nH]nc4nccnc34)C2)cc1OC. The normalized spacial score (nSPS) is 18.2. The minimum absolute atomic E-state index is 0.394. The topological polar surface area (TPSA) is 76.2 Å². The van der Waals surface area contributed by atoms with Crippen molar-refractivity contribution < 1.29 is 9.47 Å². The molecule has 1 aromatic carbocycles. The molecule has 7 nitrogen and oxygen atoms in total. The van der Waals surface area contributed by atoms with Gasteiger partial charge >= 0.3 is 0 Å². The number of methoxy groups -OCH3 is 2. The van der Waals surface area contributed by atoms with Gasteiger partial charge in [0, 0.05) is 31.4 Å². The second-order valence-electron chi connectivity index (χ2n) is 6.63. The van der Waals surface area contributed by atoms with Crippen LogP contribution < -0.4 is 9.47 Å². The van der Waals surface area contributed by atoms with Crippen LogP contribution in [0.15, 0.2) is 30.6 Å². The Labute approximate surface area is 152 Å². The molecular weight excluding hydrogens is 330 g/mol. The van der Waals surface area contributed by atoms with E-state index < -0.39 is 0 Å². The fraction of sp³-hybridized carbons (Fsp3) is 0.421. The van der Waals surface area contributed by atoms with Gasteiger partial charge in [-0.2, -0.15) is 5.10 Å². The van der Waals surface area contributed by atoms with Crippen molar-refractivity contribution in [3.63, 3.8) is 0 Å². The van der Waals surface area contributed by atoms with Crippen molar-refractivity contribution in [1.82, 2.24) is 25.1 Å². The number of aromatic nitrogens is 4. The summed E-state index contributed by atoms with van der Waals surface area (Å²) in [6.45, 7) is 2.94. The zero-order valence-corrected chi connectivity index (χ0v) is 15.1. The van der Waals surface area contributed by atoms with E-state index in [1.165, 1.54) is 5.56 Å². The summed E-state index contributed by atoms with van der Waals surface area (Å²) in [7, 11) is 3.33. The van der Waals surface area contributed by atoms with Gasteiger partial charge in [-0.05, 0) is 37.1 Å². The molecule has 0 saturated carbocycles. The molecule has 1 unspecified atom stereocenters. The number of nitrogens with one attached hydrogen (secondary N) is 1. The molecule has 1 aliphatic rings. The Morgan fingerprint density at radius 3 is 2.85 bits per heavy atom. The molecule has 4 rings (SSSR count). The van der Waals surface area contributed by atoms with Crippen LogP contribution in [0.3, 0.4) is 0 Å². The Morgan fingerprint density at radius 2 is 2.00 bits per heavy atom. The maximum Gasteiger partial charge on any atom is 0.199 e. The first-order chi connectivity index (χ1) is 12.8. The van der Waals surface area contributed by atoms with Gasteiger partial charge < -0.3 is 9.47 Å². The van der Waals surface area contributed by atoms with Crippen LogP contribution in [-0.2, 0) is 6.54 Å². The second kappa shape index (κ2) is 7.29. The van der Waals surface area contributed by atoms with Gasteiger partial charge in [-0.1, -0.05) is 6.07 Å². The first-order valence-electron chi connectivity index (χ1n) is 8.86. The molecule has 0 aliphatic carbocycles. The van der Waals surface area contributed by atoms with Crippen LogP contribution in [0, 0.1) is 0 Å². The summed E-state index contributed by atoms with van der Waals surface area (Å²) in [6.07, 6.45) is 5.69. The predicted molar refractivity (Wildman–Crippen MR) is 98.5 cm³/mol.